The van der Waals surface area contributed by atoms with Crippen LogP contribution in [-0.4, -0.2) is 48.2 Å². The maximum atomic E-state index is 12.8. The normalized spacial score (nSPS) is 14.8. The lowest BCUT2D eigenvalue weighted by Gasteiger charge is -2.33. The second kappa shape index (κ2) is 55.4. The second-order valence-electron chi connectivity index (χ2n) is 29.9. The molecule has 1 saturated heterocycles. The third kappa shape index (κ3) is 49.1. The molecule has 6 aromatic rings. The Hall–Kier alpha value is -4.43. The number of aryl methyl sites for hydroxylation is 2. The van der Waals surface area contributed by atoms with Crippen LogP contribution in [-0.2, 0) is 38.5 Å². The minimum absolute atomic E-state index is 0. The zero-order chi connectivity index (χ0) is 72.0. The van der Waals surface area contributed by atoms with Gasteiger partial charge >= 0.3 is 0 Å². The van der Waals surface area contributed by atoms with Gasteiger partial charge < -0.3 is 16.8 Å². The molecule has 5 aromatic carbocycles. The van der Waals surface area contributed by atoms with Gasteiger partial charge in [-0.3, -0.25) is 4.90 Å². The largest absolute Gasteiger partial charge is 0.327 e. The van der Waals surface area contributed by atoms with Crippen LogP contribution in [0.2, 0.25) is 5.02 Å². The van der Waals surface area contributed by atoms with E-state index in [0.717, 1.165) is 72.2 Å². The van der Waals surface area contributed by atoms with Crippen molar-refractivity contribution in [3.63, 3.8) is 0 Å². The van der Waals surface area contributed by atoms with Gasteiger partial charge in [-0.1, -0.05) is 267 Å². The van der Waals surface area contributed by atoms with Crippen molar-refractivity contribution in [3.05, 3.63) is 215 Å². The van der Waals surface area contributed by atoms with Crippen molar-refractivity contribution < 1.29 is 4.39 Å². The van der Waals surface area contributed by atoms with Crippen molar-refractivity contribution >= 4 is 44.6 Å². The fourth-order valence-corrected chi connectivity index (χ4v) is 12.2. The SMILES string of the molecule is C.CC(C)=CCC(C)C.CC(C)Cc1ccccc1Br.CC(C)Cc1ccccc1Cl.CC(C)Cc1cccs1.CC(C)N1CCCC(N)C1.CC(C)NC1CCCCC1N.Cc1ccc(F)cc1CC(C)C.Cc1ccccc1CC(C)C.[C-]#[N+]c1ccccc1CC(C)C. The average molecular weight is 1420 g/mol. The van der Waals surface area contributed by atoms with Crippen molar-refractivity contribution in [3.8, 4) is 0 Å². The summed E-state index contributed by atoms with van der Waals surface area (Å²) in [4.78, 5) is 7.43. The molecule has 3 atom stereocenters. The Morgan fingerprint density at radius 3 is 1.52 bits per heavy atom. The molecule has 0 spiro atoms. The van der Waals surface area contributed by atoms with Gasteiger partial charge in [0, 0.05) is 51.1 Å². The van der Waals surface area contributed by atoms with E-state index in [1.165, 1.54) is 119 Å². The number of para-hydroxylation sites is 1. The summed E-state index contributed by atoms with van der Waals surface area (Å²) in [6.07, 6.45) is 17.7. The van der Waals surface area contributed by atoms with E-state index in [9.17, 15) is 4.39 Å². The Balaban J connectivity index is 0. The summed E-state index contributed by atoms with van der Waals surface area (Å²) in [6, 6.07) is 44.8. The number of likely N-dealkylation sites (tertiary alicyclic amines) is 1. The first-order valence-corrected chi connectivity index (χ1v) is 38.2. The summed E-state index contributed by atoms with van der Waals surface area (Å²) in [5, 5.41) is 6.53. The van der Waals surface area contributed by atoms with Crippen LogP contribution in [0, 0.1) is 67.7 Å². The zero-order valence-corrected chi connectivity index (χ0v) is 67.1. The van der Waals surface area contributed by atoms with Crippen LogP contribution >= 0.6 is 38.9 Å². The van der Waals surface area contributed by atoms with Crippen molar-refractivity contribution in [1.82, 2.24) is 10.2 Å². The number of allylic oxidation sites excluding steroid dienone is 2. The van der Waals surface area contributed by atoms with Crippen LogP contribution in [0.5, 0.6) is 0 Å². The van der Waals surface area contributed by atoms with Gasteiger partial charge in [-0.15, -0.1) is 11.3 Å². The highest BCUT2D eigenvalue weighted by molar-refractivity contribution is 9.10. The lowest BCUT2D eigenvalue weighted by atomic mass is 9.90. The Bertz CT molecular complexity index is 2790. The Labute approximate surface area is 609 Å². The Morgan fingerprint density at radius 1 is 0.583 bits per heavy atom. The van der Waals surface area contributed by atoms with Gasteiger partial charge in [-0.25, -0.2) is 9.24 Å². The van der Waals surface area contributed by atoms with E-state index in [4.69, 9.17) is 29.6 Å². The molecule has 96 heavy (non-hydrogen) atoms. The van der Waals surface area contributed by atoms with Crippen molar-refractivity contribution in [2.45, 2.75) is 273 Å². The third-order valence-corrected chi connectivity index (χ3v) is 17.6. The van der Waals surface area contributed by atoms with Crippen molar-refractivity contribution in [2.75, 3.05) is 13.1 Å². The topological polar surface area (TPSA) is 71.7 Å². The molecule has 540 valence electrons. The van der Waals surface area contributed by atoms with Gasteiger partial charge in [-0.05, 0) is 235 Å². The van der Waals surface area contributed by atoms with Crippen LogP contribution < -0.4 is 16.8 Å². The summed E-state index contributed by atoms with van der Waals surface area (Å²) in [6.45, 7) is 57.6. The molecular formula is C87H140BrClFN5S. The van der Waals surface area contributed by atoms with Crippen LogP contribution in [0.1, 0.15) is 235 Å². The van der Waals surface area contributed by atoms with Gasteiger partial charge in [0.05, 0.1) is 6.57 Å². The van der Waals surface area contributed by atoms with E-state index in [2.05, 4.69) is 249 Å². The van der Waals surface area contributed by atoms with Crippen LogP contribution in [0.3, 0.4) is 0 Å². The molecule has 5 N–H and O–H groups in total. The standard InChI is InChI=1S/C11H15F.C11H13N.C11H16.C10H13Br.C10H13Cl.C9H20N2.C8H18N2.C8H12S.C8H16.CH4/c1-8(2)6-10-7-11(12)5-4-9(10)3;1-9(2)8-10-6-4-5-7-11(10)12-3;1-9(2)8-11-7-5-4-6-10(11)3;2*1-8(2)7-9-5-3-4-6-10(9)11;1-7(2)11-9-6-4-3-5-8(9)10;1-7(2)10-5-3-4-8(9)6-10;1-7(2)6-8-4-3-5-9-8;1-7(2)5-6-8(3)4;/h4-5,7-8H,6H2,1-3H3;4-7,9H,8H2,1-2H3;4-7,9H,8H2,1-3H3;2*3-6,8H,7H2,1-2H3;7-9,11H,3-6,10H2,1-2H3;7-8H,3-6,9H2,1-2H3;3-5,7H,6H2,1-2H3;5,8H,6H2,1-4H3;1H4. The van der Waals surface area contributed by atoms with Gasteiger partial charge in [0.15, 0.2) is 5.69 Å². The van der Waals surface area contributed by atoms with E-state index in [1.54, 1.807) is 6.07 Å². The van der Waals surface area contributed by atoms with E-state index >= 15 is 0 Å². The second-order valence-corrected chi connectivity index (χ2v) is 32.2. The van der Waals surface area contributed by atoms with Gasteiger partial charge in [0.25, 0.3) is 0 Å². The third-order valence-electron chi connectivity index (χ3n) is 15.5. The smallest absolute Gasteiger partial charge is 0.190 e. The number of nitrogens with zero attached hydrogens (tertiary/aromatic N) is 2. The van der Waals surface area contributed by atoms with Crippen LogP contribution in [0.25, 0.3) is 4.85 Å². The molecule has 8 rings (SSSR count). The molecule has 1 saturated carbocycles. The predicted molar refractivity (Wildman–Crippen MR) is 434 cm³/mol. The highest BCUT2D eigenvalue weighted by atomic mass is 79.9. The summed E-state index contributed by atoms with van der Waals surface area (Å²) < 4.78 is 14.0. The summed E-state index contributed by atoms with van der Waals surface area (Å²) >= 11 is 11.3. The fourth-order valence-electron chi connectivity index (χ4n) is 10.6. The van der Waals surface area contributed by atoms with Crippen molar-refractivity contribution in [1.29, 1.82) is 0 Å². The molecule has 0 amide bonds. The molecule has 2 aliphatic rings. The minimum atomic E-state index is -0.128. The first-order chi connectivity index (χ1) is 44.7. The predicted octanol–water partition coefficient (Wildman–Crippen LogP) is 25.8. The maximum Gasteiger partial charge on any atom is 0.190 e. The van der Waals surface area contributed by atoms with Gasteiger partial charge in [-0.2, -0.15) is 0 Å². The first-order valence-electron chi connectivity index (χ1n) is 36.1. The molecule has 2 heterocycles. The highest BCUT2D eigenvalue weighted by Crippen LogP contribution is 2.23. The number of thiophene rings is 1. The van der Waals surface area contributed by atoms with Gasteiger partial charge in [0.1, 0.15) is 5.82 Å². The monoisotopic (exact) mass is 1420 g/mol. The molecule has 9 heteroatoms. The molecule has 5 nitrogen and oxygen atoms in total. The number of halogens is 3. The number of piperidine rings is 1. The molecule has 0 radical (unpaired) electrons. The molecule has 3 unspecified atom stereocenters. The number of nitrogens with two attached hydrogens (primary N) is 2. The van der Waals surface area contributed by atoms with Crippen LogP contribution in [0.15, 0.2) is 149 Å². The zero-order valence-electron chi connectivity index (χ0n) is 63.9. The quantitative estimate of drug-likeness (QED) is 0.0629. The van der Waals surface area contributed by atoms with Crippen LogP contribution in [0.4, 0.5) is 10.1 Å². The van der Waals surface area contributed by atoms with E-state index in [0.29, 0.717) is 48.0 Å². The van der Waals surface area contributed by atoms with E-state index in [-0.39, 0.29) is 13.2 Å². The van der Waals surface area contributed by atoms with E-state index < -0.39 is 0 Å². The molecule has 1 aromatic heterocycles. The lowest BCUT2D eigenvalue weighted by molar-refractivity contribution is 0.169. The highest BCUT2D eigenvalue weighted by Gasteiger charge is 2.22. The first kappa shape index (κ1) is 93.6. The molecule has 1 aliphatic carbocycles. The fraction of sp³-hybridized carbons (Fsp3) is 0.575. The summed E-state index contributed by atoms with van der Waals surface area (Å²) in [5.74, 6) is 4.85. The molecule has 0 bridgehead atoms. The number of hydrogen-bond donors (Lipinski definition) is 3. The number of rotatable bonds is 17. The summed E-state index contributed by atoms with van der Waals surface area (Å²) in [5.41, 5.74) is 23.1. The number of hydrogen-bond acceptors (Lipinski definition) is 5. The minimum Gasteiger partial charge on any atom is -0.327 e. The maximum absolute atomic E-state index is 12.8. The Kier molecular flexibility index (Phi) is 54.0. The lowest BCUT2D eigenvalue weighted by Crippen LogP contribution is -2.49. The molecular weight excluding hydrogens is 1280 g/mol. The Morgan fingerprint density at radius 2 is 1.06 bits per heavy atom. The van der Waals surface area contributed by atoms with Crippen molar-refractivity contribution in [2.24, 2.45) is 52.9 Å². The number of nitrogens with one attached hydrogen (secondary N) is 1. The average Bonchev–Trinajstić information content (AvgIpc) is 2.12. The summed E-state index contributed by atoms with van der Waals surface area (Å²) in [7, 11) is 0. The van der Waals surface area contributed by atoms with Gasteiger partial charge in [0.2, 0.25) is 0 Å². The molecule has 1 aliphatic heterocycles. The molecule has 2 fully saturated rings. The number of benzene rings is 5. The van der Waals surface area contributed by atoms with E-state index in [1.807, 2.05) is 72.9 Å².